The van der Waals surface area contributed by atoms with E-state index in [0.29, 0.717) is 18.2 Å². The minimum atomic E-state index is -0.189. The molecule has 1 unspecified atom stereocenters. The third kappa shape index (κ3) is 2.79. The monoisotopic (exact) mass is 285 g/mol. The molecule has 2 amide bonds. The smallest absolute Gasteiger partial charge is 0.231 e. The zero-order valence-electron chi connectivity index (χ0n) is 11.5. The largest absolute Gasteiger partial charge is 0.338 e. The van der Waals surface area contributed by atoms with Gasteiger partial charge in [-0.25, -0.2) is 0 Å². The number of benzene rings is 1. The number of aromatic nitrogens is 1. The highest BCUT2D eigenvalue weighted by Gasteiger charge is 2.42. The maximum Gasteiger partial charge on any atom is 0.231 e. The van der Waals surface area contributed by atoms with Gasteiger partial charge in [0.05, 0.1) is 5.69 Å². The first-order valence-electron chi connectivity index (χ1n) is 6.72. The van der Waals surface area contributed by atoms with Gasteiger partial charge in [0.1, 0.15) is 0 Å². The van der Waals surface area contributed by atoms with Crippen molar-refractivity contribution in [3.05, 3.63) is 41.6 Å². The highest BCUT2D eigenvalue weighted by molar-refractivity contribution is 5.87. The number of anilines is 2. The lowest BCUT2D eigenvalue weighted by Gasteiger charge is -2.06. The van der Waals surface area contributed by atoms with E-state index in [1.54, 1.807) is 6.07 Å². The Hall–Kier alpha value is -2.63. The van der Waals surface area contributed by atoms with Crippen molar-refractivity contribution in [2.24, 2.45) is 0 Å². The molecule has 3 rings (SSSR count). The normalized spacial score (nSPS) is 19.9. The maximum absolute atomic E-state index is 11.0. The molecule has 1 aromatic heterocycles. The zero-order chi connectivity index (χ0) is 14.8. The van der Waals surface area contributed by atoms with Crippen LogP contribution in [0.5, 0.6) is 0 Å². The molecule has 6 heteroatoms. The summed E-state index contributed by atoms with van der Waals surface area (Å²) in [6.45, 7) is 1.42. The number of para-hydroxylation sites is 1. The van der Waals surface area contributed by atoms with Gasteiger partial charge in [-0.1, -0.05) is 23.4 Å². The van der Waals surface area contributed by atoms with E-state index in [0.717, 1.165) is 23.4 Å². The molecule has 0 bridgehead atoms. The second kappa shape index (κ2) is 5.40. The summed E-state index contributed by atoms with van der Waals surface area (Å²) >= 11 is 0. The maximum atomic E-state index is 11.0. The van der Waals surface area contributed by atoms with Crippen LogP contribution in [0, 0.1) is 0 Å². The standard InChI is InChI=1S/C15H15N3O3/c1-9(20)17-15-7-14(18-21-15)12-6-11(12)10-4-2-3-5-13(10)16-8-19/h2-5,7-8,11-12H,6H2,1H3,(H,16,19)(H,17,20)/t11-,12?/m1/s1. The Labute approximate surface area is 121 Å². The van der Waals surface area contributed by atoms with Crippen molar-refractivity contribution in [1.82, 2.24) is 5.16 Å². The first kappa shape index (κ1) is 13.4. The zero-order valence-corrected chi connectivity index (χ0v) is 11.5. The van der Waals surface area contributed by atoms with Gasteiger partial charge in [-0.15, -0.1) is 0 Å². The van der Waals surface area contributed by atoms with Crippen LogP contribution in [-0.2, 0) is 9.59 Å². The van der Waals surface area contributed by atoms with Crippen LogP contribution in [0.3, 0.4) is 0 Å². The van der Waals surface area contributed by atoms with Gasteiger partial charge in [0.15, 0.2) is 0 Å². The molecule has 1 aliphatic rings. The number of hydrogen-bond donors (Lipinski definition) is 2. The molecule has 2 aromatic rings. The van der Waals surface area contributed by atoms with Crippen molar-refractivity contribution in [2.75, 3.05) is 10.6 Å². The van der Waals surface area contributed by atoms with Gasteiger partial charge in [-0.2, -0.15) is 0 Å². The summed E-state index contributed by atoms with van der Waals surface area (Å²) in [5.41, 5.74) is 2.74. The summed E-state index contributed by atoms with van der Waals surface area (Å²) in [6, 6.07) is 9.47. The van der Waals surface area contributed by atoms with E-state index in [9.17, 15) is 9.59 Å². The Balaban J connectivity index is 1.75. The van der Waals surface area contributed by atoms with Crippen LogP contribution < -0.4 is 10.6 Å². The molecular formula is C15H15N3O3. The van der Waals surface area contributed by atoms with E-state index in [1.807, 2.05) is 24.3 Å². The quantitative estimate of drug-likeness (QED) is 0.826. The van der Waals surface area contributed by atoms with E-state index >= 15 is 0 Å². The highest BCUT2D eigenvalue weighted by Crippen LogP contribution is 2.56. The molecule has 0 saturated heterocycles. The first-order chi connectivity index (χ1) is 10.2. The summed E-state index contributed by atoms with van der Waals surface area (Å²) in [4.78, 5) is 21.6. The summed E-state index contributed by atoms with van der Waals surface area (Å²) in [5, 5.41) is 9.29. The summed E-state index contributed by atoms with van der Waals surface area (Å²) in [6.07, 6.45) is 1.63. The Morgan fingerprint density at radius 3 is 2.95 bits per heavy atom. The minimum Gasteiger partial charge on any atom is -0.338 e. The van der Waals surface area contributed by atoms with Gasteiger partial charge in [0.25, 0.3) is 0 Å². The predicted octanol–water partition coefficient (Wildman–Crippen LogP) is 2.47. The van der Waals surface area contributed by atoms with Crippen molar-refractivity contribution in [2.45, 2.75) is 25.2 Å². The van der Waals surface area contributed by atoms with Gasteiger partial charge in [-0.3, -0.25) is 14.9 Å². The second-order valence-electron chi connectivity index (χ2n) is 5.10. The Morgan fingerprint density at radius 1 is 1.38 bits per heavy atom. The van der Waals surface area contributed by atoms with E-state index in [1.165, 1.54) is 6.92 Å². The molecule has 1 aliphatic carbocycles. The van der Waals surface area contributed by atoms with E-state index in [2.05, 4.69) is 15.8 Å². The van der Waals surface area contributed by atoms with Crippen molar-refractivity contribution < 1.29 is 14.1 Å². The number of carbonyl (C=O) groups excluding carboxylic acids is 2. The van der Waals surface area contributed by atoms with Crippen LogP contribution in [0.2, 0.25) is 0 Å². The minimum absolute atomic E-state index is 0.189. The van der Waals surface area contributed by atoms with Crippen molar-refractivity contribution >= 4 is 23.9 Å². The van der Waals surface area contributed by atoms with E-state index < -0.39 is 0 Å². The lowest BCUT2D eigenvalue weighted by Crippen LogP contribution is -2.04. The first-order valence-corrected chi connectivity index (χ1v) is 6.72. The molecule has 6 nitrogen and oxygen atoms in total. The van der Waals surface area contributed by atoms with Gasteiger partial charge in [0, 0.05) is 24.6 Å². The number of nitrogens with zero attached hydrogens (tertiary/aromatic N) is 1. The predicted molar refractivity (Wildman–Crippen MR) is 77.0 cm³/mol. The lowest BCUT2D eigenvalue weighted by molar-refractivity contribution is -0.114. The molecule has 2 atom stereocenters. The number of hydrogen-bond acceptors (Lipinski definition) is 4. The molecule has 0 spiro atoms. The third-order valence-electron chi connectivity index (χ3n) is 3.57. The van der Waals surface area contributed by atoms with Crippen LogP contribution in [0.1, 0.15) is 36.4 Å². The number of amides is 2. The van der Waals surface area contributed by atoms with Gasteiger partial charge >= 0.3 is 0 Å². The summed E-state index contributed by atoms with van der Waals surface area (Å²) in [5.74, 6) is 0.739. The number of nitrogens with one attached hydrogen (secondary N) is 2. The SMILES string of the molecule is CC(=O)Nc1cc(C2C[C@@H]2c2ccccc2NC=O)no1. The molecule has 0 radical (unpaired) electrons. The summed E-state index contributed by atoms with van der Waals surface area (Å²) in [7, 11) is 0. The topological polar surface area (TPSA) is 84.2 Å². The van der Waals surface area contributed by atoms with Crippen LogP contribution in [0.15, 0.2) is 34.9 Å². The van der Waals surface area contributed by atoms with Gasteiger partial charge in [0.2, 0.25) is 18.2 Å². The molecule has 21 heavy (non-hydrogen) atoms. The van der Waals surface area contributed by atoms with E-state index in [-0.39, 0.29) is 11.8 Å². The molecular weight excluding hydrogens is 270 g/mol. The summed E-state index contributed by atoms with van der Waals surface area (Å²) < 4.78 is 5.08. The van der Waals surface area contributed by atoms with E-state index in [4.69, 9.17) is 4.52 Å². The van der Waals surface area contributed by atoms with Crippen molar-refractivity contribution in [1.29, 1.82) is 0 Å². The van der Waals surface area contributed by atoms with Gasteiger partial charge < -0.3 is 9.84 Å². The van der Waals surface area contributed by atoms with Crippen LogP contribution in [0.4, 0.5) is 11.6 Å². The lowest BCUT2D eigenvalue weighted by atomic mass is 10.1. The molecule has 2 N–H and O–H groups in total. The van der Waals surface area contributed by atoms with Crippen molar-refractivity contribution in [3.8, 4) is 0 Å². The molecule has 108 valence electrons. The van der Waals surface area contributed by atoms with Crippen LogP contribution in [-0.4, -0.2) is 17.5 Å². The van der Waals surface area contributed by atoms with Gasteiger partial charge in [-0.05, 0) is 24.0 Å². The molecule has 0 aliphatic heterocycles. The Morgan fingerprint density at radius 2 is 2.19 bits per heavy atom. The fourth-order valence-corrected chi connectivity index (χ4v) is 2.58. The third-order valence-corrected chi connectivity index (χ3v) is 3.57. The van der Waals surface area contributed by atoms with Crippen LogP contribution >= 0.6 is 0 Å². The van der Waals surface area contributed by atoms with Crippen molar-refractivity contribution in [3.63, 3.8) is 0 Å². The molecule has 1 aromatic carbocycles. The average Bonchev–Trinajstić information content (AvgIpc) is 3.12. The molecule has 1 heterocycles. The fourth-order valence-electron chi connectivity index (χ4n) is 2.58. The van der Waals surface area contributed by atoms with Crippen LogP contribution in [0.25, 0.3) is 0 Å². The Kier molecular flexibility index (Phi) is 3.43. The Bertz CT molecular complexity index is 680. The average molecular weight is 285 g/mol. The number of carbonyl (C=O) groups is 2. The fraction of sp³-hybridized carbons (Fsp3) is 0.267. The number of rotatable bonds is 5. The molecule has 1 fully saturated rings. The highest BCUT2D eigenvalue weighted by atomic mass is 16.5. The second-order valence-corrected chi connectivity index (χ2v) is 5.10. The molecule has 1 saturated carbocycles.